The Hall–Kier alpha value is -1.09. The van der Waals surface area contributed by atoms with Crippen molar-refractivity contribution in [3.8, 4) is 0 Å². The number of anilines is 1. The Balaban J connectivity index is 1.76. The van der Waals surface area contributed by atoms with E-state index in [1.807, 2.05) is 0 Å². The Bertz CT molecular complexity index is 520. The van der Waals surface area contributed by atoms with E-state index in [2.05, 4.69) is 40.9 Å². The third-order valence-electron chi connectivity index (χ3n) is 4.08. The van der Waals surface area contributed by atoms with Gasteiger partial charge in [0.1, 0.15) is 5.82 Å². The zero-order valence-electron chi connectivity index (χ0n) is 10.9. The summed E-state index contributed by atoms with van der Waals surface area (Å²) in [5.74, 6) is 2.00. The van der Waals surface area contributed by atoms with Crippen LogP contribution < -0.4 is 5.32 Å². The summed E-state index contributed by atoms with van der Waals surface area (Å²) >= 11 is 1.60. The maximum Gasteiger partial charge on any atom is 0.147 e. The molecule has 1 saturated carbocycles. The van der Waals surface area contributed by atoms with Gasteiger partial charge in [0.25, 0.3) is 0 Å². The van der Waals surface area contributed by atoms with Crippen molar-refractivity contribution in [3.63, 3.8) is 0 Å². The topological polar surface area (TPSA) is 24.9 Å². The van der Waals surface area contributed by atoms with Crippen LogP contribution in [0.5, 0.6) is 0 Å². The molecule has 0 bridgehead atoms. The average Bonchev–Trinajstić information content (AvgIpc) is 2.83. The fraction of sp³-hybridized carbons (Fsp3) is 0.533. The standard InChI is InChI=1S/C15H20N2S/c1-2-11-6-5-7-12(10-11)16-15-13-8-3-4-9-14(13)18-17-15/h3-4,8-9,11-12H,2,5-7,10H2,1H3,(H,16,17). The normalized spacial score (nSPS) is 24.3. The molecule has 3 heteroatoms. The highest BCUT2D eigenvalue weighted by Gasteiger charge is 2.21. The first kappa shape index (κ1) is 12.0. The lowest BCUT2D eigenvalue weighted by Gasteiger charge is -2.29. The van der Waals surface area contributed by atoms with E-state index in [0.717, 1.165) is 11.7 Å². The molecular formula is C15H20N2S. The van der Waals surface area contributed by atoms with Crippen LogP contribution in [-0.2, 0) is 0 Å². The van der Waals surface area contributed by atoms with Crippen LogP contribution in [-0.4, -0.2) is 10.4 Å². The smallest absolute Gasteiger partial charge is 0.147 e. The van der Waals surface area contributed by atoms with Gasteiger partial charge in [-0.15, -0.1) is 0 Å². The Morgan fingerprint density at radius 3 is 3.11 bits per heavy atom. The number of benzene rings is 1. The van der Waals surface area contributed by atoms with Crippen molar-refractivity contribution in [1.82, 2.24) is 4.37 Å². The molecule has 0 aliphatic heterocycles. The first-order valence-corrected chi connectivity index (χ1v) is 7.75. The molecule has 1 fully saturated rings. The number of nitrogens with one attached hydrogen (secondary N) is 1. The quantitative estimate of drug-likeness (QED) is 0.867. The van der Waals surface area contributed by atoms with Crippen LogP contribution in [0.3, 0.4) is 0 Å². The fourth-order valence-electron chi connectivity index (χ4n) is 2.98. The second kappa shape index (κ2) is 5.27. The molecular weight excluding hydrogens is 240 g/mol. The third kappa shape index (κ3) is 2.37. The van der Waals surface area contributed by atoms with E-state index in [4.69, 9.17) is 0 Å². The van der Waals surface area contributed by atoms with E-state index in [1.165, 1.54) is 42.2 Å². The van der Waals surface area contributed by atoms with Crippen molar-refractivity contribution in [1.29, 1.82) is 0 Å². The van der Waals surface area contributed by atoms with Gasteiger partial charge in [0.05, 0.1) is 4.70 Å². The molecule has 2 unspecified atom stereocenters. The van der Waals surface area contributed by atoms with E-state index < -0.39 is 0 Å². The first-order valence-electron chi connectivity index (χ1n) is 6.97. The predicted molar refractivity (Wildman–Crippen MR) is 79.3 cm³/mol. The molecule has 1 aromatic carbocycles. The molecule has 1 aliphatic carbocycles. The van der Waals surface area contributed by atoms with Gasteiger partial charge >= 0.3 is 0 Å². The molecule has 96 valence electrons. The molecule has 2 aromatic rings. The molecule has 3 rings (SSSR count). The van der Waals surface area contributed by atoms with Gasteiger partial charge < -0.3 is 5.32 Å². The number of hydrogen-bond acceptors (Lipinski definition) is 3. The van der Waals surface area contributed by atoms with E-state index in [1.54, 1.807) is 11.5 Å². The van der Waals surface area contributed by atoms with Crippen molar-refractivity contribution in [2.24, 2.45) is 5.92 Å². The lowest BCUT2D eigenvalue weighted by molar-refractivity contribution is 0.327. The van der Waals surface area contributed by atoms with Gasteiger partial charge in [-0.3, -0.25) is 0 Å². The van der Waals surface area contributed by atoms with Crippen LogP contribution in [0.1, 0.15) is 39.0 Å². The van der Waals surface area contributed by atoms with Crippen LogP contribution in [0.2, 0.25) is 0 Å². The van der Waals surface area contributed by atoms with Crippen molar-refractivity contribution in [3.05, 3.63) is 24.3 Å². The van der Waals surface area contributed by atoms with Gasteiger partial charge in [-0.2, -0.15) is 4.37 Å². The van der Waals surface area contributed by atoms with Gasteiger partial charge in [-0.1, -0.05) is 38.3 Å². The van der Waals surface area contributed by atoms with Crippen LogP contribution in [0.25, 0.3) is 10.1 Å². The Morgan fingerprint density at radius 2 is 2.22 bits per heavy atom. The maximum absolute atomic E-state index is 4.57. The molecule has 1 heterocycles. The van der Waals surface area contributed by atoms with Gasteiger partial charge in [0.15, 0.2) is 0 Å². The summed E-state index contributed by atoms with van der Waals surface area (Å²) in [7, 11) is 0. The SMILES string of the molecule is CCC1CCCC(Nc2nsc3ccccc23)C1. The lowest BCUT2D eigenvalue weighted by Crippen LogP contribution is -2.27. The largest absolute Gasteiger partial charge is 0.366 e. The molecule has 1 N–H and O–H groups in total. The second-order valence-electron chi connectivity index (χ2n) is 5.31. The predicted octanol–water partition coefficient (Wildman–Crippen LogP) is 4.68. The molecule has 0 radical (unpaired) electrons. The fourth-order valence-corrected chi connectivity index (χ4v) is 3.72. The van der Waals surface area contributed by atoms with Gasteiger partial charge in [-0.05, 0) is 42.4 Å². The number of nitrogens with zero attached hydrogens (tertiary/aromatic N) is 1. The van der Waals surface area contributed by atoms with Crippen LogP contribution >= 0.6 is 11.5 Å². The zero-order chi connectivity index (χ0) is 12.4. The summed E-state index contributed by atoms with van der Waals surface area (Å²) in [6.45, 7) is 2.31. The van der Waals surface area contributed by atoms with Crippen molar-refractivity contribution in [2.75, 3.05) is 5.32 Å². The molecule has 0 spiro atoms. The maximum atomic E-state index is 4.57. The highest BCUT2D eigenvalue weighted by atomic mass is 32.1. The van der Waals surface area contributed by atoms with E-state index in [9.17, 15) is 0 Å². The van der Waals surface area contributed by atoms with Crippen LogP contribution in [0.15, 0.2) is 24.3 Å². The average molecular weight is 260 g/mol. The zero-order valence-corrected chi connectivity index (χ0v) is 11.7. The number of fused-ring (bicyclic) bond motifs is 1. The third-order valence-corrected chi connectivity index (χ3v) is 4.91. The number of rotatable bonds is 3. The van der Waals surface area contributed by atoms with E-state index in [-0.39, 0.29) is 0 Å². The summed E-state index contributed by atoms with van der Waals surface area (Å²) in [5, 5.41) is 4.95. The lowest BCUT2D eigenvalue weighted by atomic mass is 9.84. The minimum Gasteiger partial charge on any atom is -0.366 e. The van der Waals surface area contributed by atoms with Gasteiger partial charge in [0, 0.05) is 11.4 Å². The van der Waals surface area contributed by atoms with E-state index >= 15 is 0 Å². The Labute approximate surface area is 113 Å². The highest BCUT2D eigenvalue weighted by molar-refractivity contribution is 7.13. The molecule has 0 amide bonds. The summed E-state index contributed by atoms with van der Waals surface area (Å²) in [6, 6.07) is 9.11. The van der Waals surface area contributed by atoms with Gasteiger partial charge in [-0.25, -0.2) is 0 Å². The van der Waals surface area contributed by atoms with Gasteiger partial charge in [0.2, 0.25) is 0 Å². The summed E-state index contributed by atoms with van der Waals surface area (Å²) < 4.78 is 5.85. The number of hydrogen-bond donors (Lipinski definition) is 1. The molecule has 2 nitrogen and oxygen atoms in total. The van der Waals surface area contributed by atoms with E-state index in [0.29, 0.717) is 6.04 Å². The summed E-state index contributed by atoms with van der Waals surface area (Å²) in [5.41, 5.74) is 0. The number of aromatic nitrogens is 1. The second-order valence-corrected chi connectivity index (χ2v) is 6.11. The summed E-state index contributed by atoms with van der Waals surface area (Å²) in [4.78, 5) is 0. The molecule has 1 aliphatic rings. The van der Waals surface area contributed by atoms with Crippen molar-refractivity contribution < 1.29 is 0 Å². The van der Waals surface area contributed by atoms with Crippen molar-refractivity contribution in [2.45, 2.75) is 45.1 Å². The molecule has 0 saturated heterocycles. The Morgan fingerprint density at radius 1 is 1.33 bits per heavy atom. The first-order chi connectivity index (χ1) is 8.86. The minimum atomic E-state index is 0.620. The molecule has 2 atom stereocenters. The van der Waals surface area contributed by atoms with Crippen LogP contribution in [0.4, 0.5) is 5.82 Å². The van der Waals surface area contributed by atoms with Crippen LogP contribution in [0, 0.1) is 5.92 Å². The molecule has 1 aromatic heterocycles. The highest BCUT2D eigenvalue weighted by Crippen LogP contribution is 2.31. The minimum absolute atomic E-state index is 0.620. The van der Waals surface area contributed by atoms with Crippen molar-refractivity contribution >= 4 is 27.4 Å². The Kier molecular flexibility index (Phi) is 3.50. The summed E-state index contributed by atoms with van der Waals surface area (Å²) in [6.07, 6.45) is 6.69. The molecule has 18 heavy (non-hydrogen) atoms. The monoisotopic (exact) mass is 260 g/mol.